The van der Waals surface area contributed by atoms with Crippen molar-refractivity contribution in [3.05, 3.63) is 10.7 Å². The smallest absolute Gasteiger partial charge is 0.227 e. The average molecular weight is 219 g/mol. The average Bonchev–Trinajstić information content (AvgIpc) is 2.48. The minimum absolute atomic E-state index is 0.391. The van der Waals surface area contributed by atoms with Crippen molar-refractivity contribution in [1.29, 1.82) is 0 Å². The number of hydrogen-bond donors (Lipinski definition) is 1. The van der Waals surface area contributed by atoms with Crippen molar-refractivity contribution in [2.45, 2.75) is 18.8 Å². The van der Waals surface area contributed by atoms with E-state index in [2.05, 4.69) is 5.16 Å². The molecule has 1 aromatic rings. The van der Waals surface area contributed by atoms with Crippen LogP contribution in [0.25, 0.3) is 0 Å². The molecule has 0 unspecified atom stereocenters. The molecule has 0 aromatic carbocycles. The molecule has 0 saturated carbocycles. The summed E-state index contributed by atoms with van der Waals surface area (Å²) in [6.07, 6.45) is 2.24. The summed E-state index contributed by atoms with van der Waals surface area (Å²) in [4.78, 5) is 0. The summed E-state index contributed by atoms with van der Waals surface area (Å²) >= 11 is 7.86. The van der Waals surface area contributed by atoms with Crippen LogP contribution in [0, 0.1) is 0 Å². The normalized spacial score (nSPS) is 19.2. The highest BCUT2D eigenvalue weighted by Gasteiger charge is 2.24. The van der Waals surface area contributed by atoms with Crippen LogP contribution in [0.4, 0.5) is 5.88 Å². The quantitative estimate of drug-likeness (QED) is 0.787. The molecule has 2 heterocycles. The second-order valence-electron chi connectivity index (χ2n) is 3.14. The maximum atomic E-state index is 5.89. The highest BCUT2D eigenvalue weighted by Crippen LogP contribution is 2.38. The molecule has 3 nitrogen and oxygen atoms in total. The summed E-state index contributed by atoms with van der Waals surface area (Å²) < 4.78 is 4.84. The first kappa shape index (κ1) is 9.21. The van der Waals surface area contributed by atoms with Gasteiger partial charge in [-0.25, -0.2) is 0 Å². The van der Waals surface area contributed by atoms with Crippen LogP contribution in [0.2, 0.25) is 5.15 Å². The zero-order chi connectivity index (χ0) is 9.26. The minimum atomic E-state index is 0.391. The Morgan fingerprint density at radius 1 is 1.46 bits per heavy atom. The van der Waals surface area contributed by atoms with Gasteiger partial charge in [-0.15, -0.1) is 0 Å². The SMILES string of the molecule is Nc1onc(Cl)c1C1CCSCC1. The molecule has 1 saturated heterocycles. The van der Waals surface area contributed by atoms with Gasteiger partial charge in [0.05, 0.1) is 5.56 Å². The number of nitrogens with zero attached hydrogens (tertiary/aromatic N) is 1. The van der Waals surface area contributed by atoms with E-state index in [0.717, 1.165) is 18.4 Å². The first-order chi connectivity index (χ1) is 6.29. The molecule has 2 rings (SSSR count). The van der Waals surface area contributed by atoms with E-state index in [4.69, 9.17) is 21.9 Å². The van der Waals surface area contributed by atoms with Crippen LogP contribution < -0.4 is 5.73 Å². The van der Waals surface area contributed by atoms with Crippen LogP contribution >= 0.6 is 23.4 Å². The lowest BCUT2D eigenvalue weighted by molar-refractivity contribution is 0.435. The van der Waals surface area contributed by atoms with Gasteiger partial charge in [-0.3, -0.25) is 0 Å². The van der Waals surface area contributed by atoms with E-state index in [1.807, 2.05) is 11.8 Å². The molecular weight excluding hydrogens is 208 g/mol. The van der Waals surface area contributed by atoms with Crippen LogP contribution in [0.3, 0.4) is 0 Å². The Kier molecular flexibility index (Phi) is 2.69. The summed E-state index contributed by atoms with van der Waals surface area (Å²) in [5.41, 5.74) is 6.57. The maximum Gasteiger partial charge on any atom is 0.227 e. The van der Waals surface area contributed by atoms with Crippen molar-refractivity contribution in [3.63, 3.8) is 0 Å². The largest absolute Gasteiger partial charge is 0.367 e. The standard InChI is InChI=1S/C8H11ClN2OS/c9-7-6(8(10)12-11-7)5-1-3-13-4-2-5/h5H,1-4,10H2. The Morgan fingerprint density at radius 2 is 2.15 bits per heavy atom. The molecule has 1 fully saturated rings. The Labute approximate surface area is 86.0 Å². The van der Waals surface area contributed by atoms with Crippen LogP contribution in [0.1, 0.15) is 24.3 Å². The number of aromatic nitrogens is 1. The zero-order valence-electron chi connectivity index (χ0n) is 7.12. The number of thioether (sulfide) groups is 1. The van der Waals surface area contributed by atoms with E-state index < -0.39 is 0 Å². The highest BCUT2D eigenvalue weighted by atomic mass is 35.5. The molecule has 0 aliphatic carbocycles. The molecule has 1 aliphatic rings. The van der Waals surface area contributed by atoms with Gasteiger partial charge in [0, 0.05) is 0 Å². The molecule has 1 aliphatic heterocycles. The van der Waals surface area contributed by atoms with Crippen LogP contribution in [0.15, 0.2) is 4.52 Å². The summed E-state index contributed by atoms with van der Waals surface area (Å²) in [7, 11) is 0. The number of rotatable bonds is 1. The molecule has 5 heteroatoms. The Hall–Kier alpha value is -0.350. The van der Waals surface area contributed by atoms with Crippen molar-refractivity contribution in [1.82, 2.24) is 5.16 Å². The third-order valence-electron chi connectivity index (χ3n) is 2.34. The fourth-order valence-corrected chi connectivity index (χ4v) is 3.03. The van der Waals surface area contributed by atoms with Crippen molar-refractivity contribution in [3.8, 4) is 0 Å². The number of halogens is 1. The first-order valence-corrected chi connectivity index (χ1v) is 5.80. The van der Waals surface area contributed by atoms with Gasteiger partial charge in [0.25, 0.3) is 0 Å². The molecule has 0 amide bonds. The monoisotopic (exact) mass is 218 g/mol. The fraction of sp³-hybridized carbons (Fsp3) is 0.625. The van der Waals surface area contributed by atoms with Gasteiger partial charge in [-0.2, -0.15) is 11.8 Å². The second kappa shape index (κ2) is 3.80. The molecule has 1 aromatic heterocycles. The molecule has 2 N–H and O–H groups in total. The zero-order valence-corrected chi connectivity index (χ0v) is 8.70. The second-order valence-corrected chi connectivity index (χ2v) is 4.72. The van der Waals surface area contributed by atoms with E-state index in [0.29, 0.717) is 17.0 Å². The van der Waals surface area contributed by atoms with Gasteiger partial charge in [0.1, 0.15) is 0 Å². The summed E-state index contributed by atoms with van der Waals surface area (Å²) in [6.45, 7) is 0. The Morgan fingerprint density at radius 3 is 2.69 bits per heavy atom. The number of hydrogen-bond acceptors (Lipinski definition) is 4. The molecule has 0 spiro atoms. The lowest BCUT2D eigenvalue weighted by Crippen LogP contribution is -2.09. The molecule has 0 radical (unpaired) electrons. The summed E-state index contributed by atoms with van der Waals surface area (Å²) in [5, 5.41) is 4.09. The third kappa shape index (κ3) is 1.79. The van der Waals surface area contributed by atoms with E-state index in [1.165, 1.54) is 11.5 Å². The van der Waals surface area contributed by atoms with Gasteiger partial charge >= 0.3 is 0 Å². The molecule has 0 atom stereocenters. The van der Waals surface area contributed by atoms with Gasteiger partial charge in [0.15, 0.2) is 5.15 Å². The van der Waals surface area contributed by atoms with Crippen LogP contribution in [-0.4, -0.2) is 16.7 Å². The van der Waals surface area contributed by atoms with Gasteiger partial charge in [-0.1, -0.05) is 16.8 Å². The number of nitrogen functional groups attached to an aromatic ring is 1. The van der Waals surface area contributed by atoms with Gasteiger partial charge in [-0.05, 0) is 30.3 Å². The Balaban J connectivity index is 2.22. The highest BCUT2D eigenvalue weighted by molar-refractivity contribution is 7.99. The van der Waals surface area contributed by atoms with Gasteiger partial charge in [0.2, 0.25) is 5.88 Å². The maximum absolute atomic E-state index is 5.89. The lowest BCUT2D eigenvalue weighted by atomic mass is 9.96. The summed E-state index contributed by atoms with van der Waals surface area (Å²) in [5.74, 6) is 3.18. The van der Waals surface area contributed by atoms with Crippen molar-refractivity contribution in [2.24, 2.45) is 0 Å². The van der Waals surface area contributed by atoms with Crippen molar-refractivity contribution < 1.29 is 4.52 Å². The van der Waals surface area contributed by atoms with Crippen LogP contribution in [-0.2, 0) is 0 Å². The fourth-order valence-electron chi connectivity index (χ4n) is 1.65. The van der Waals surface area contributed by atoms with Crippen molar-refractivity contribution >= 4 is 29.2 Å². The van der Waals surface area contributed by atoms with E-state index in [1.54, 1.807) is 0 Å². The minimum Gasteiger partial charge on any atom is -0.367 e. The number of nitrogens with two attached hydrogens (primary N) is 1. The lowest BCUT2D eigenvalue weighted by Gasteiger charge is -2.20. The predicted octanol–water partition coefficient (Wildman–Crippen LogP) is 2.52. The van der Waals surface area contributed by atoms with Crippen LogP contribution in [0.5, 0.6) is 0 Å². The molecular formula is C8H11ClN2OS. The number of anilines is 1. The predicted molar refractivity (Wildman–Crippen MR) is 55.2 cm³/mol. The molecule has 72 valence electrons. The topological polar surface area (TPSA) is 52.0 Å². The van der Waals surface area contributed by atoms with E-state index in [9.17, 15) is 0 Å². The first-order valence-electron chi connectivity index (χ1n) is 4.27. The van der Waals surface area contributed by atoms with E-state index >= 15 is 0 Å². The molecule has 0 bridgehead atoms. The van der Waals surface area contributed by atoms with E-state index in [-0.39, 0.29) is 0 Å². The van der Waals surface area contributed by atoms with Gasteiger partial charge < -0.3 is 10.3 Å². The third-order valence-corrected chi connectivity index (χ3v) is 3.66. The Bertz CT molecular complexity index is 277. The van der Waals surface area contributed by atoms with Crippen molar-refractivity contribution in [2.75, 3.05) is 17.2 Å². The molecule has 13 heavy (non-hydrogen) atoms. The summed E-state index contributed by atoms with van der Waals surface area (Å²) in [6, 6.07) is 0.